The van der Waals surface area contributed by atoms with Gasteiger partial charge in [0, 0.05) is 19.1 Å². The SMILES string of the molecule is COc1cccc(C(O)CNCC2CCCCN2C)c1. The van der Waals surface area contributed by atoms with Gasteiger partial charge in [0.1, 0.15) is 5.75 Å². The molecule has 4 heteroatoms. The van der Waals surface area contributed by atoms with Gasteiger partial charge in [-0.2, -0.15) is 0 Å². The van der Waals surface area contributed by atoms with Crippen LogP contribution in [0.4, 0.5) is 0 Å². The summed E-state index contributed by atoms with van der Waals surface area (Å²) in [7, 11) is 3.83. The van der Waals surface area contributed by atoms with E-state index in [0.29, 0.717) is 12.6 Å². The van der Waals surface area contributed by atoms with Crippen LogP contribution in [0.15, 0.2) is 24.3 Å². The van der Waals surface area contributed by atoms with Gasteiger partial charge in [-0.15, -0.1) is 0 Å². The fourth-order valence-electron chi connectivity index (χ4n) is 2.76. The third kappa shape index (κ3) is 4.20. The van der Waals surface area contributed by atoms with Crippen LogP contribution in [-0.4, -0.2) is 49.8 Å². The average molecular weight is 278 g/mol. The lowest BCUT2D eigenvalue weighted by Gasteiger charge is -2.32. The highest BCUT2D eigenvalue weighted by atomic mass is 16.5. The standard InChI is InChI=1S/C16H26N2O2/c1-18-9-4-3-7-14(18)11-17-12-16(19)13-6-5-8-15(10-13)20-2/h5-6,8,10,14,16-17,19H,3-4,7,9,11-12H2,1-2H3. The number of hydrogen-bond donors (Lipinski definition) is 2. The number of aliphatic hydroxyl groups excluding tert-OH is 1. The predicted octanol–water partition coefficient (Wildman–Crippen LogP) is 1.80. The number of likely N-dealkylation sites (tertiary alicyclic amines) is 1. The fraction of sp³-hybridized carbons (Fsp3) is 0.625. The summed E-state index contributed by atoms with van der Waals surface area (Å²) in [4.78, 5) is 2.41. The van der Waals surface area contributed by atoms with Gasteiger partial charge in [0.05, 0.1) is 13.2 Å². The largest absolute Gasteiger partial charge is 0.497 e. The van der Waals surface area contributed by atoms with Crippen LogP contribution >= 0.6 is 0 Å². The molecule has 0 amide bonds. The molecule has 0 radical (unpaired) electrons. The zero-order chi connectivity index (χ0) is 14.4. The van der Waals surface area contributed by atoms with E-state index in [4.69, 9.17) is 4.74 Å². The second kappa shape index (κ2) is 7.62. The van der Waals surface area contributed by atoms with E-state index < -0.39 is 6.10 Å². The molecule has 0 spiro atoms. The highest BCUT2D eigenvalue weighted by molar-refractivity contribution is 5.29. The summed E-state index contributed by atoms with van der Waals surface area (Å²) in [5.74, 6) is 0.786. The van der Waals surface area contributed by atoms with Gasteiger partial charge in [0.15, 0.2) is 0 Å². The molecule has 1 fully saturated rings. The molecule has 112 valence electrons. The van der Waals surface area contributed by atoms with Gasteiger partial charge in [0.2, 0.25) is 0 Å². The Morgan fingerprint density at radius 2 is 2.30 bits per heavy atom. The van der Waals surface area contributed by atoms with Crippen molar-refractivity contribution in [2.75, 3.05) is 33.8 Å². The normalized spacial score (nSPS) is 21.6. The van der Waals surface area contributed by atoms with Crippen LogP contribution in [-0.2, 0) is 0 Å². The Kier molecular flexibility index (Phi) is 5.83. The quantitative estimate of drug-likeness (QED) is 0.833. The second-order valence-electron chi connectivity index (χ2n) is 5.58. The number of nitrogens with zero attached hydrogens (tertiary/aromatic N) is 1. The number of ether oxygens (including phenoxy) is 1. The predicted molar refractivity (Wildman–Crippen MR) is 81.1 cm³/mol. The third-order valence-corrected chi connectivity index (χ3v) is 4.12. The first kappa shape index (κ1) is 15.3. The number of methoxy groups -OCH3 is 1. The molecule has 2 rings (SSSR count). The van der Waals surface area contributed by atoms with Crippen molar-refractivity contribution in [2.45, 2.75) is 31.4 Å². The lowest BCUT2D eigenvalue weighted by atomic mass is 10.0. The first-order valence-electron chi connectivity index (χ1n) is 7.43. The van der Waals surface area contributed by atoms with Gasteiger partial charge in [0.25, 0.3) is 0 Å². The van der Waals surface area contributed by atoms with Crippen molar-refractivity contribution in [3.8, 4) is 5.75 Å². The lowest BCUT2D eigenvalue weighted by molar-refractivity contribution is 0.153. The Bertz CT molecular complexity index is 411. The summed E-state index contributed by atoms with van der Waals surface area (Å²) < 4.78 is 5.18. The molecule has 2 atom stereocenters. The van der Waals surface area contributed by atoms with Crippen molar-refractivity contribution in [1.82, 2.24) is 10.2 Å². The van der Waals surface area contributed by atoms with E-state index in [1.165, 1.54) is 25.8 Å². The summed E-state index contributed by atoms with van der Waals surface area (Å²) in [6.45, 7) is 2.71. The van der Waals surface area contributed by atoms with E-state index in [1.807, 2.05) is 24.3 Å². The van der Waals surface area contributed by atoms with E-state index in [2.05, 4.69) is 17.3 Å². The zero-order valence-corrected chi connectivity index (χ0v) is 12.5. The number of rotatable bonds is 6. The number of likely N-dealkylation sites (N-methyl/N-ethyl adjacent to an activating group) is 1. The van der Waals surface area contributed by atoms with E-state index >= 15 is 0 Å². The van der Waals surface area contributed by atoms with E-state index in [1.54, 1.807) is 7.11 Å². The number of nitrogens with one attached hydrogen (secondary N) is 1. The highest BCUT2D eigenvalue weighted by Crippen LogP contribution is 2.19. The molecule has 1 heterocycles. The van der Waals surface area contributed by atoms with Gasteiger partial charge in [-0.25, -0.2) is 0 Å². The molecule has 1 aromatic rings. The maximum absolute atomic E-state index is 10.2. The zero-order valence-electron chi connectivity index (χ0n) is 12.5. The molecule has 1 aliphatic heterocycles. The van der Waals surface area contributed by atoms with Gasteiger partial charge < -0.3 is 20.1 Å². The minimum atomic E-state index is -0.487. The molecule has 0 aliphatic carbocycles. The Hall–Kier alpha value is -1.10. The van der Waals surface area contributed by atoms with Crippen LogP contribution in [0.2, 0.25) is 0 Å². The Morgan fingerprint density at radius 1 is 1.45 bits per heavy atom. The first-order chi connectivity index (χ1) is 9.70. The van der Waals surface area contributed by atoms with Crippen LogP contribution < -0.4 is 10.1 Å². The van der Waals surface area contributed by atoms with Crippen LogP contribution in [0.1, 0.15) is 30.9 Å². The van der Waals surface area contributed by atoms with Crippen molar-refractivity contribution < 1.29 is 9.84 Å². The number of benzene rings is 1. The molecule has 0 bridgehead atoms. The maximum Gasteiger partial charge on any atom is 0.119 e. The topological polar surface area (TPSA) is 44.7 Å². The second-order valence-corrected chi connectivity index (χ2v) is 5.58. The number of hydrogen-bond acceptors (Lipinski definition) is 4. The Morgan fingerprint density at radius 3 is 3.05 bits per heavy atom. The Balaban J connectivity index is 1.78. The summed E-state index contributed by atoms with van der Waals surface area (Å²) in [6, 6.07) is 8.22. The molecule has 1 saturated heterocycles. The van der Waals surface area contributed by atoms with Gasteiger partial charge in [-0.05, 0) is 44.1 Å². The van der Waals surface area contributed by atoms with Gasteiger partial charge >= 0.3 is 0 Å². The number of piperidine rings is 1. The summed E-state index contributed by atoms with van der Waals surface area (Å²) in [5, 5.41) is 13.6. The fourth-order valence-corrected chi connectivity index (χ4v) is 2.76. The number of aliphatic hydroxyl groups is 1. The minimum absolute atomic E-state index is 0.487. The molecule has 1 aliphatic rings. The van der Waals surface area contributed by atoms with Crippen LogP contribution in [0.5, 0.6) is 5.75 Å². The van der Waals surface area contributed by atoms with E-state index in [-0.39, 0.29) is 0 Å². The van der Waals surface area contributed by atoms with E-state index in [9.17, 15) is 5.11 Å². The van der Waals surface area contributed by atoms with Crippen molar-refractivity contribution in [3.63, 3.8) is 0 Å². The van der Waals surface area contributed by atoms with Crippen molar-refractivity contribution in [1.29, 1.82) is 0 Å². The lowest BCUT2D eigenvalue weighted by Crippen LogP contribution is -2.43. The smallest absolute Gasteiger partial charge is 0.119 e. The first-order valence-corrected chi connectivity index (χ1v) is 7.43. The van der Waals surface area contributed by atoms with Crippen molar-refractivity contribution >= 4 is 0 Å². The van der Waals surface area contributed by atoms with Crippen molar-refractivity contribution in [3.05, 3.63) is 29.8 Å². The summed E-state index contributed by atoms with van der Waals surface area (Å²) in [5.41, 5.74) is 0.897. The van der Waals surface area contributed by atoms with Crippen LogP contribution in [0, 0.1) is 0 Å². The molecule has 20 heavy (non-hydrogen) atoms. The van der Waals surface area contributed by atoms with Gasteiger partial charge in [-0.3, -0.25) is 0 Å². The minimum Gasteiger partial charge on any atom is -0.497 e. The molecular weight excluding hydrogens is 252 g/mol. The van der Waals surface area contributed by atoms with Crippen LogP contribution in [0.3, 0.4) is 0 Å². The van der Waals surface area contributed by atoms with Crippen LogP contribution in [0.25, 0.3) is 0 Å². The highest BCUT2D eigenvalue weighted by Gasteiger charge is 2.18. The van der Waals surface area contributed by atoms with Crippen molar-refractivity contribution in [2.24, 2.45) is 0 Å². The summed E-state index contributed by atoms with van der Waals surface area (Å²) >= 11 is 0. The third-order valence-electron chi connectivity index (χ3n) is 4.12. The average Bonchev–Trinajstić information content (AvgIpc) is 2.49. The van der Waals surface area contributed by atoms with Gasteiger partial charge in [-0.1, -0.05) is 18.6 Å². The molecule has 2 unspecified atom stereocenters. The monoisotopic (exact) mass is 278 g/mol. The molecule has 2 N–H and O–H groups in total. The van der Waals surface area contributed by atoms with E-state index in [0.717, 1.165) is 17.9 Å². The molecule has 0 saturated carbocycles. The Labute approximate surface area is 121 Å². The summed E-state index contributed by atoms with van der Waals surface area (Å²) in [6.07, 6.45) is 3.38. The molecule has 4 nitrogen and oxygen atoms in total. The molecular formula is C16H26N2O2. The molecule has 0 aromatic heterocycles. The maximum atomic E-state index is 10.2. The molecule has 1 aromatic carbocycles.